The van der Waals surface area contributed by atoms with Gasteiger partial charge in [0.2, 0.25) is 12.6 Å². The van der Waals surface area contributed by atoms with Crippen LogP contribution in [0.15, 0.2) is 0 Å². The normalized spacial score (nSPS) is 26.6. The summed E-state index contributed by atoms with van der Waals surface area (Å²) in [7, 11) is 0. The molecule has 6 nitrogen and oxygen atoms in total. The maximum Gasteiger partial charge on any atom is 0.304 e. The van der Waals surface area contributed by atoms with Gasteiger partial charge in [0.15, 0.2) is 6.04 Å². The van der Waals surface area contributed by atoms with E-state index in [1.165, 1.54) is 6.92 Å². The third kappa shape index (κ3) is 1.52. The maximum absolute atomic E-state index is 10.7. The van der Waals surface area contributed by atoms with E-state index in [1.54, 1.807) is 0 Å². The highest BCUT2D eigenvalue weighted by Crippen LogP contribution is 2.06. The quantitative estimate of drug-likeness (QED) is 0.296. The monoisotopic (exact) mass is 172 g/mol. The van der Waals surface area contributed by atoms with Gasteiger partial charge in [-0.05, 0) is 0 Å². The average Bonchev–Trinajstić information content (AvgIpc) is 1.99. The van der Waals surface area contributed by atoms with E-state index in [-0.39, 0.29) is 5.91 Å². The van der Waals surface area contributed by atoms with Crippen molar-refractivity contribution in [1.29, 1.82) is 0 Å². The zero-order chi connectivity index (χ0) is 9.14. The van der Waals surface area contributed by atoms with Crippen LogP contribution in [0.25, 0.3) is 0 Å². The topological polar surface area (TPSA) is 84.5 Å². The molecule has 1 heterocycles. The number of esters is 1. The van der Waals surface area contributed by atoms with Gasteiger partial charge in [-0.25, -0.2) is 0 Å². The highest BCUT2D eigenvalue weighted by molar-refractivity contribution is 5.90. The Morgan fingerprint density at radius 3 is 2.83 bits per heavy atom. The molecule has 1 rings (SSSR count). The second kappa shape index (κ2) is 3.21. The lowest BCUT2D eigenvalue weighted by Crippen LogP contribution is -2.69. The summed E-state index contributed by atoms with van der Waals surface area (Å²) in [5, 5.41) is 4.52. The standard InChI is InChI=1S/C6H8N2O4/c1-3(10)12-6-4(7-2-9)5(11)8-6/h2,4,6H,1H3,(H,7,9)(H,8,11). The van der Waals surface area contributed by atoms with Crippen molar-refractivity contribution in [2.45, 2.75) is 19.2 Å². The van der Waals surface area contributed by atoms with Gasteiger partial charge in [0, 0.05) is 6.92 Å². The highest BCUT2D eigenvalue weighted by Gasteiger charge is 2.41. The van der Waals surface area contributed by atoms with Crippen LogP contribution in [0.1, 0.15) is 6.92 Å². The van der Waals surface area contributed by atoms with Crippen LogP contribution in [-0.2, 0) is 19.1 Å². The van der Waals surface area contributed by atoms with Gasteiger partial charge in [0.1, 0.15) is 0 Å². The minimum atomic E-state index is -0.744. The average molecular weight is 172 g/mol. The number of β-lactam (4-membered cyclic amide) rings is 1. The van der Waals surface area contributed by atoms with E-state index < -0.39 is 18.2 Å². The number of amides is 2. The molecule has 6 heteroatoms. The van der Waals surface area contributed by atoms with E-state index in [0.29, 0.717) is 6.41 Å². The second-order valence-electron chi connectivity index (χ2n) is 2.30. The van der Waals surface area contributed by atoms with Crippen molar-refractivity contribution < 1.29 is 19.1 Å². The van der Waals surface area contributed by atoms with Gasteiger partial charge < -0.3 is 15.4 Å². The molecule has 0 aliphatic carbocycles. The lowest BCUT2D eigenvalue weighted by Gasteiger charge is -2.34. The summed E-state index contributed by atoms with van der Waals surface area (Å²) in [6.07, 6.45) is -0.333. The van der Waals surface area contributed by atoms with Crippen LogP contribution < -0.4 is 10.6 Å². The number of ether oxygens (including phenoxy) is 1. The zero-order valence-electron chi connectivity index (χ0n) is 6.37. The third-order valence-corrected chi connectivity index (χ3v) is 1.41. The van der Waals surface area contributed by atoms with E-state index in [9.17, 15) is 14.4 Å². The molecule has 0 spiro atoms. The Balaban J connectivity index is 2.42. The first-order valence-corrected chi connectivity index (χ1v) is 3.32. The molecule has 0 aromatic rings. The fraction of sp³-hybridized carbons (Fsp3) is 0.500. The van der Waals surface area contributed by atoms with Crippen molar-refractivity contribution in [3.05, 3.63) is 0 Å². The van der Waals surface area contributed by atoms with Crippen LogP contribution in [0.5, 0.6) is 0 Å². The third-order valence-electron chi connectivity index (χ3n) is 1.41. The zero-order valence-corrected chi connectivity index (χ0v) is 6.37. The number of nitrogens with one attached hydrogen (secondary N) is 2. The maximum atomic E-state index is 10.7. The summed E-state index contributed by atoms with van der Waals surface area (Å²) in [6.45, 7) is 1.22. The molecule has 1 aliphatic heterocycles. The van der Waals surface area contributed by atoms with E-state index in [4.69, 9.17) is 0 Å². The molecule has 12 heavy (non-hydrogen) atoms. The van der Waals surface area contributed by atoms with Crippen LogP contribution in [0.2, 0.25) is 0 Å². The van der Waals surface area contributed by atoms with Gasteiger partial charge in [-0.3, -0.25) is 14.4 Å². The predicted molar refractivity (Wildman–Crippen MR) is 36.7 cm³/mol. The Morgan fingerprint density at radius 2 is 2.42 bits per heavy atom. The first-order chi connectivity index (χ1) is 5.65. The molecule has 2 unspecified atom stereocenters. The first kappa shape index (κ1) is 8.51. The minimum Gasteiger partial charge on any atom is -0.439 e. The molecule has 2 N–H and O–H groups in total. The smallest absolute Gasteiger partial charge is 0.304 e. The summed E-state index contributed by atoms with van der Waals surface area (Å²) in [5.74, 6) is -0.856. The molecule has 0 aromatic carbocycles. The van der Waals surface area contributed by atoms with Crippen molar-refractivity contribution in [2.24, 2.45) is 0 Å². The number of hydrogen-bond donors (Lipinski definition) is 2. The largest absolute Gasteiger partial charge is 0.439 e. The Hall–Kier alpha value is -1.59. The fourth-order valence-electron chi connectivity index (χ4n) is 0.867. The van der Waals surface area contributed by atoms with Crippen molar-refractivity contribution in [3.8, 4) is 0 Å². The molecule has 0 bridgehead atoms. The second-order valence-corrected chi connectivity index (χ2v) is 2.30. The van der Waals surface area contributed by atoms with Crippen LogP contribution >= 0.6 is 0 Å². The highest BCUT2D eigenvalue weighted by atomic mass is 16.6. The molecular formula is C6H8N2O4. The molecule has 1 saturated heterocycles. The van der Waals surface area contributed by atoms with Gasteiger partial charge in [-0.2, -0.15) is 0 Å². The lowest BCUT2D eigenvalue weighted by atomic mass is 10.1. The van der Waals surface area contributed by atoms with Crippen molar-refractivity contribution in [3.63, 3.8) is 0 Å². The molecule has 2 atom stereocenters. The molecule has 66 valence electrons. The molecule has 1 aliphatic rings. The van der Waals surface area contributed by atoms with Crippen molar-refractivity contribution >= 4 is 18.3 Å². The Kier molecular flexibility index (Phi) is 2.27. The fourth-order valence-corrected chi connectivity index (χ4v) is 0.867. The summed E-state index contributed by atoms with van der Waals surface area (Å²) in [6, 6.07) is -0.744. The Labute approximate surface area is 68.3 Å². The minimum absolute atomic E-state index is 0.353. The number of carbonyl (C=O) groups is 3. The summed E-state index contributed by atoms with van der Waals surface area (Å²) < 4.78 is 4.63. The molecule has 0 aromatic heterocycles. The van der Waals surface area contributed by atoms with Gasteiger partial charge in [-0.1, -0.05) is 0 Å². The molecule has 0 saturated carbocycles. The SMILES string of the molecule is CC(=O)OC1NC(=O)C1NC=O. The van der Waals surface area contributed by atoms with Gasteiger partial charge in [-0.15, -0.1) is 0 Å². The van der Waals surface area contributed by atoms with Crippen LogP contribution in [0.4, 0.5) is 0 Å². The summed E-state index contributed by atoms with van der Waals surface area (Å²) in [5.41, 5.74) is 0. The first-order valence-electron chi connectivity index (χ1n) is 3.32. The van der Waals surface area contributed by atoms with Crippen LogP contribution in [0.3, 0.4) is 0 Å². The number of rotatable bonds is 3. The van der Waals surface area contributed by atoms with Crippen molar-refractivity contribution in [1.82, 2.24) is 10.6 Å². The molecule has 2 amide bonds. The van der Waals surface area contributed by atoms with E-state index in [2.05, 4.69) is 15.4 Å². The summed E-state index contributed by atoms with van der Waals surface area (Å²) >= 11 is 0. The van der Waals surface area contributed by atoms with Gasteiger partial charge in [0.05, 0.1) is 0 Å². The number of carbonyl (C=O) groups excluding carboxylic acids is 3. The van der Waals surface area contributed by atoms with Crippen molar-refractivity contribution in [2.75, 3.05) is 0 Å². The van der Waals surface area contributed by atoms with E-state index in [1.807, 2.05) is 0 Å². The van der Waals surface area contributed by atoms with Gasteiger partial charge in [0.25, 0.3) is 5.91 Å². The van der Waals surface area contributed by atoms with Crippen LogP contribution in [-0.4, -0.2) is 30.6 Å². The molecule has 0 radical (unpaired) electrons. The van der Waals surface area contributed by atoms with E-state index in [0.717, 1.165) is 0 Å². The summed E-state index contributed by atoms with van der Waals surface area (Å²) in [4.78, 5) is 31.1. The Bertz CT molecular complexity index is 228. The van der Waals surface area contributed by atoms with E-state index >= 15 is 0 Å². The molecule has 1 fully saturated rings. The lowest BCUT2D eigenvalue weighted by molar-refractivity contribution is -0.163. The van der Waals surface area contributed by atoms with Crippen LogP contribution in [0, 0.1) is 0 Å². The predicted octanol–water partition coefficient (Wildman–Crippen LogP) is -1.88. The van der Waals surface area contributed by atoms with Gasteiger partial charge >= 0.3 is 5.97 Å². The molecular weight excluding hydrogens is 164 g/mol. The Morgan fingerprint density at radius 1 is 1.75 bits per heavy atom. The number of hydrogen-bond acceptors (Lipinski definition) is 4.